The van der Waals surface area contributed by atoms with Crippen molar-refractivity contribution >= 4 is 17.4 Å². The van der Waals surface area contributed by atoms with Crippen molar-refractivity contribution in [2.75, 3.05) is 19.7 Å². The van der Waals surface area contributed by atoms with Gasteiger partial charge in [0.1, 0.15) is 11.4 Å². The van der Waals surface area contributed by atoms with Crippen molar-refractivity contribution in [3.05, 3.63) is 59.2 Å². The second-order valence-corrected chi connectivity index (χ2v) is 7.11. The summed E-state index contributed by atoms with van der Waals surface area (Å²) in [6.07, 6.45) is 4.05. The molecule has 0 bridgehead atoms. The van der Waals surface area contributed by atoms with Crippen LogP contribution in [0.4, 0.5) is 5.69 Å². The number of aromatic hydroxyl groups is 1. The molecular weight excluding hydrogens is 366 g/mol. The van der Waals surface area contributed by atoms with E-state index >= 15 is 0 Å². The van der Waals surface area contributed by atoms with Gasteiger partial charge >= 0.3 is 5.97 Å². The van der Waals surface area contributed by atoms with E-state index in [-0.39, 0.29) is 28.2 Å². The molecule has 2 aromatic carbocycles. The predicted octanol–water partition coefficient (Wildman–Crippen LogP) is 3.92. The van der Waals surface area contributed by atoms with Crippen LogP contribution in [-0.2, 0) is 4.74 Å². The molecule has 2 aromatic rings. The highest BCUT2D eigenvalue weighted by Gasteiger charge is 2.22. The minimum atomic E-state index is -0.505. The lowest BCUT2D eigenvalue weighted by molar-refractivity contribution is -0.828. The average molecular weight is 399 g/mol. The molecule has 0 atom stereocenters. The third kappa shape index (κ3) is 5.91. The number of hydrogen-bond donors (Lipinski definition) is 2. The summed E-state index contributed by atoms with van der Waals surface area (Å²) in [5, 5.41) is 10.5. The number of ketones is 1. The molecule has 29 heavy (non-hydrogen) atoms. The first-order valence-corrected chi connectivity index (χ1v) is 10.5. The van der Waals surface area contributed by atoms with Gasteiger partial charge in [-0.2, -0.15) is 0 Å². The maximum atomic E-state index is 13.1. The van der Waals surface area contributed by atoms with E-state index in [0.29, 0.717) is 6.61 Å². The standard InChI is InChI=1S/C24H31NO4/c1-4-7-8-11-16-29-24(28)20-13-10-9-12-19(20)23(27)21-15-14-18(17-22(21)26)25(5-2)6-3/h9-10,12-15,17,26H,4-8,11,16H2,1-3H3/p+1. The second kappa shape index (κ2) is 11.4. The highest BCUT2D eigenvalue weighted by molar-refractivity contribution is 6.15. The van der Waals surface area contributed by atoms with E-state index in [1.54, 1.807) is 36.4 Å². The SMILES string of the molecule is CCCCCCOC(=O)c1ccccc1C(=O)c1ccc([NH+](CC)CC)cc1O. The van der Waals surface area contributed by atoms with Crippen LogP contribution in [0, 0.1) is 0 Å². The molecule has 5 nitrogen and oxygen atoms in total. The van der Waals surface area contributed by atoms with Gasteiger partial charge in [0.15, 0.2) is 5.78 Å². The number of carbonyl (C=O) groups is 2. The van der Waals surface area contributed by atoms with Crippen LogP contribution < -0.4 is 4.90 Å². The number of carbonyl (C=O) groups excluding carboxylic acids is 2. The van der Waals surface area contributed by atoms with Crippen molar-refractivity contribution in [3.8, 4) is 5.75 Å². The summed E-state index contributed by atoms with van der Waals surface area (Å²) in [7, 11) is 0. The summed E-state index contributed by atoms with van der Waals surface area (Å²) in [4.78, 5) is 26.8. The Bertz CT molecular complexity index is 827. The Kier molecular flexibility index (Phi) is 8.87. The number of nitrogens with one attached hydrogen (secondary N) is 1. The van der Waals surface area contributed by atoms with Gasteiger partial charge in [-0.15, -0.1) is 0 Å². The van der Waals surface area contributed by atoms with Gasteiger partial charge in [-0.1, -0.05) is 44.4 Å². The molecule has 0 spiro atoms. The topological polar surface area (TPSA) is 68.0 Å². The summed E-state index contributed by atoms with van der Waals surface area (Å²) in [5.74, 6) is -0.967. The molecule has 0 unspecified atom stereocenters. The fraction of sp³-hybridized carbons (Fsp3) is 0.417. The number of quaternary nitrogens is 1. The second-order valence-electron chi connectivity index (χ2n) is 7.11. The lowest BCUT2D eigenvalue weighted by Crippen LogP contribution is -3.06. The van der Waals surface area contributed by atoms with Crippen LogP contribution in [-0.4, -0.2) is 36.6 Å². The van der Waals surface area contributed by atoms with Gasteiger partial charge in [0, 0.05) is 17.7 Å². The van der Waals surface area contributed by atoms with Gasteiger partial charge in [0.05, 0.1) is 30.8 Å². The van der Waals surface area contributed by atoms with Gasteiger partial charge in [-0.3, -0.25) is 4.79 Å². The van der Waals surface area contributed by atoms with Gasteiger partial charge < -0.3 is 14.7 Å². The zero-order valence-corrected chi connectivity index (χ0v) is 17.7. The van der Waals surface area contributed by atoms with E-state index < -0.39 is 5.97 Å². The molecule has 5 heteroatoms. The first-order chi connectivity index (χ1) is 14.0. The Hall–Kier alpha value is -2.66. The summed E-state index contributed by atoms with van der Waals surface area (Å²) in [6.45, 7) is 8.37. The predicted molar refractivity (Wildman–Crippen MR) is 114 cm³/mol. The lowest BCUT2D eigenvalue weighted by Gasteiger charge is -2.16. The number of phenolic OH excluding ortho intramolecular Hbond substituents is 1. The van der Waals surface area contributed by atoms with E-state index in [0.717, 1.165) is 44.5 Å². The summed E-state index contributed by atoms with van der Waals surface area (Å²) < 4.78 is 5.35. The van der Waals surface area contributed by atoms with Gasteiger partial charge in [0.25, 0.3) is 0 Å². The summed E-state index contributed by atoms with van der Waals surface area (Å²) in [5.41, 5.74) is 1.59. The molecule has 0 radical (unpaired) electrons. The highest BCUT2D eigenvalue weighted by atomic mass is 16.5. The molecule has 156 valence electrons. The first-order valence-electron chi connectivity index (χ1n) is 10.5. The van der Waals surface area contributed by atoms with Crippen molar-refractivity contribution in [1.82, 2.24) is 0 Å². The summed E-state index contributed by atoms with van der Waals surface area (Å²) in [6, 6.07) is 11.7. The van der Waals surface area contributed by atoms with Crippen LogP contribution in [0.25, 0.3) is 0 Å². The summed E-state index contributed by atoms with van der Waals surface area (Å²) >= 11 is 0. The minimum Gasteiger partial charge on any atom is -0.507 e. The van der Waals surface area contributed by atoms with Crippen LogP contribution in [0.15, 0.2) is 42.5 Å². The van der Waals surface area contributed by atoms with Crippen molar-refractivity contribution in [1.29, 1.82) is 0 Å². The van der Waals surface area contributed by atoms with E-state index in [2.05, 4.69) is 20.8 Å². The molecule has 0 heterocycles. The Balaban J connectivity index is 2.20. The molecule has 2 N–H and O–H groups in total. The van der Waals surface area contributed by atoms with Crippen LogP contribution in [0.1, 0.15) is 72.7 Å². The molecule has 0 fully saturated rings. The molecule has 0 aliphatic carbocycles. The fourth-order valence-electron chi connectivity index (χ4n) is 3.38. The van der Waals surface area contributed by atoms with Crippen LogP contribution in [0.3, 0.4) is 0 Å². The van der Waals surface area contributed by atoms with Crippen molar-refractivity contribution in [2.24, 2.45) is 0 Å². The van der Waals surface area contributed by atoms with Crippen LogP contribution in [0.2, 0.25) is 0 Å². The van der Waals surface area contributed by atoms with Gasteiger partial charge in [0.2, 0.25) is 0 Å². The van der Waals surface area contributed by atoms with E-state index in [1.165, 1.54) is 4.90 Å². The number of ether oxygens (including phenoxy) is 1. The average Bonchev–Trinajstić information content (AvgIpc) is 2.74. The number of rotatable bonds is 11. The third-order valence-electron chi connectivity index (χ3n) is 5.13. The van der Waals surface area contributed by atoms with Gasteiger partial charge in [-0.05, 0) is 32.4 Å². The molecule has 0 aromatic heterocycles. The fourth-order valence-corrected chi connectivity index (χ4v) is 3.38. The normalized spacial score (nSPS) is 10.9. The monoisotopic (exact) mass is 398 g/mol. The quantitative estimate of drug-likeness (QED) is 0.342. The van der Waals surface area contributed by atoms with E-state index in [1.807, 2.05) is 6.07 Å². The lowest BCUT2D eigenvalue weighted by atomic mass is 9.97. The Morgan fingerprint density at radius 3 is 2.21 bits per heavy atom. The number of hydrogen-bond acceptors (Lipinski definition) is 4. The number of unbranched alkanes of at least 4 members (excludes halogenated alkanes) is 3. The maximum Gasteiger partial charge on any atom is 0.338 e. The molecule has 0 aliphatic heterocycles. The van der Waals surface area contributed by atoms with Crippen molar-refractivity contribution < 1.29 is 24.3 Å². The minimum absolute atomic E-state index is 0.0744. The van der Waals surface area contributed by atoms with Crippen LogP contribution in [0.5, 0.6) is 5.75 Å². The molecule has 0 amide bonds. The molecule has 2 rings (SSSR count). The molecule has 0 saturated carbocycles. The Morgan fingerprint density at radius 1 is 0.897 bits per heavy atom. The Labute approximate surface area is 173 Å². The molecular formula is C24H32NO4+. The van der Waals surface area contributed by atoms with E-state index in [4.69, 9.17) is 4.74 Å². The molecule has 0 aliphatic rings. The highest BCUT2D eigenvalue weighted by Crippen LogP contribution is 2.25. The zero-order valence-electron chi connectivity index (χ0n) is 17.7. The molecule has 0 saturated heterocycles. The largest absolute Gasteiger partial charge is 0.507 e. The van der Waals surface area contributed by atoms with Gasteiger partial charge in [-0.25, -0.2) is 4.79 Å². The smallest absolute Gasteiger partial charge is 0.338 e. The van der Waals surface area contributed by atoms with Crippen molar-refractivity contribution in [2.45, 2.75) is 46.5 Å². The van der Waals surface area contributed by atoms with E-state index in [9.17, 15) is 14.7 Å². The third-order valence-corrected chi connectivity index (χ3v) is 5.13. The Morgan fingerprint density at radius 2 is 1.59 bits per heavy atom. The number of phenols is 1. The number of esters is 1. The van der Waals surface area contributed by atoms with Crippen molar-refractivity contribution in [3.63, 3.8) is 0 Å². The maximum absolute atomic E-state index is 13.1. The number of benzene rings is 2. The first kappa shape index (κ1) is 22.6. The zero-order chi connectivity index (χ0) is 21.2. The van der Waals surface area contributed by atoms with Crippen LogP contribution >= 0.6 is 0 Å².